The molecule has 2 aromatic rings. The van der Waals surface area contributed by atoms with Crippen LogP contribution in [0.25, 0.3) is 0 Å². The van der Waals surface area contributed by atoms with Crippen molar-refractivity contribution in [2.75, 3.05) is 31.0 Å². The summed E-state index contributed by atoms with van der Waals surface area (Å²) >= 11 is 12.7. The normalized spacial score (nSPS) is 19.8. The zero-order valence-electron chi connectivity index (χ0n) is 20.1. The smallest absolute Gasteiger partial charge is 0.299 e. The number of hydrogen-bond donors (Lipinski definition) is 2. The molecule has 1 heterocycles. The molecule has 1 aliphatic heterocycles. The summed E-state index contributed by atoms with van der Waals surface area (Å²) in [6, 6.07) is 10.1. The second-order valence-corrected chi connectivity index (χ2v) is 14.1. The molecular formula is C23H28Cl2N5O5PS-2. The van der Waals surface area contributed by atoms with Crippen LogP contribution >= 0.6 is 30.6 Å². The summed E-state index contributed by atoms with van der Waals surface area (Å²) in [5.74, 6) is 0.00396. The first-order chi connectivity index (χ1) is 17.4. The maximum absolute atomic E-state index is 13.0. The lowest BCUT2D eigenvalue weighted by Gasteiger charge is -2.46. The van der Waals surface area contributed by atoms with Gasteiger partial charge in [-0.05, 0) is 67.0 Å². The average molecular weight is 588 g/mol. The van der Waals surface area contributed by atoms with Gasteiger partial charge < -0.3 is 25.0 Å². The molecule has 1 fully saturated rings. The summed E-state index contributed by atoms with van der Waals surface area (Å²) in [4.78, 5) is 2.51. The van der Waals surface area contributed by atoms with Gasteiger partial charge in [-0.25, -0.2) is 0 Å². The van der Waals surface area contributed by atoms with Gasteiger partial charge in [-0.2, -0.15) is 13.1 Å². The molecule has 37 heavy (non-hydrogen) atoms. The topological polar surface area (TPSA) is 131 Å². The van der Waals surface area contributed by atoms with E-state index in [1.807, 2.05) is 25.2 Å². The SMILES string of the molecule is C=CN([O-])P(=O)(CCNS(=O)(=O)Nc1ccc(C2CN(C)Cc3c(Cl)cc(Cl)cc32)cc1)N([O-])C1CC1. The third kappa shape index (κ3) is 6.50. The van der Waals surface area contributed by atoms with Gasteiger partial charge in [0.05, 0.1) is 0 Å². The molecule has 0 aromatic heterocycles. The Balaban J connectivity index is 1.42. The Morgan fingerprint density at radius 2 is 1.89 bits per heavy atom. The molecule has 2 aliphatic rings. The first-order valence-corrected chi connectivity index (χ1v) is 15.7. The van der Waals surface area contributed by atoms with Crippen LogP contribution in [0.15, 0.2) is 49.2 Å². The highest BCUT2D eigenvalue weighted by Gasteiger charge is 2.35. The highest BCUT2D eigenvalue weighted by Crippen LogP contribution is 2.56. The highest BCUT2D eigenvalue weighted by molar-refractivity contribution is 7.90. The van der Waals surface area contributed by atoms with Crippen molar-refractivity contribution in [1.29, 1.82) is 0 Å². The van der Waals surface area contributed by atoms with Gasteiger partial charge >= 0.3 is 0 Å². The Hall–Kier alpha value is -1.66. The monoisotopic (exact) mass is 587 g/mol. The second-order valence-electron chi connectivity index (χ2n) is 9.23. The van der Waals surface area contributed by atoms with Crippen LogP contribution in [-0.4, -0.2) is 55.3 Å². The van der Waals surface area contributed by atoms with E-state index in [4.69, 9.17) is 23.2 Å². The van der Waals surface area contributed by atoms with E-state index in [1.54, 1.807) is 18.2 Å². The molecule has 2 aromatic carbocycles. The minimum atomic E-state index is -4.06. The number of likely N-dealkylation sites (N-methyl/N-ethyl adjacent to an activating group) is 1. The quantitative estimate of drug-likeness (QED) is 0.280. The van der Waals surface area contributed by atoms with E-state index in [2.05, 4.69) is 20.9 Å². The van der Waals surface area contributed by atoms with Crippen molar-refractivity contribution in [3.8, 4) is 0 Å². The fourth-order valence-corrected chi connectivity index (χ4v) is 7.97. The molecule has 0 radical (unpaired) electrons. The van der Waals surface area contributed by atoms with Crippen LogP contribution in [0.5, 0.6) is 0 Å². The second kappa shape index (κ2) is 11.2. The molecule has 0 bridgehead atoms. The molecule has 1 aliphatic carbocycles. The third-order valence-corrected chi connectivity index (χ3v) is 10.6. The standard InChI is InChI=1S/C23H28Cl2N5O5PS/c1-3-29(31)36(33,30(32)19-8-9-19)11-10-26-37(34,35)27-18-6-4-16(5-7-18)21-14-28(2)15-22-20(21)12-17(24)13-23(22)25/h3-7,12-13,19,21,26-27H,1,8-11,14-15H2,2H3/q-2. The van der Waals surface area contributed by atoms with Crippen LogP contribution in [0.3, 0.4) is 0 Å². The minimum Gasteiger partial charge on any atom is -0.778 e. The molecule has 0 saturated heterocycles. The van der Waals surface area contributed by atoms with Crippen LogP contribution in [0.1, 0.15) is 35.4 Å². The zero-order chi connectivity index (χ0) is 27.0. The van der Waals surface area contributed by atoms with Crippen molar-refractivity contribution in [1.82, 2.24) is 19.3 Å². The number of rotatable bonds is 11. The molecule has 2 atom stereocenters. The Morgan fingerprint density at radius 1 is 1.22 bits per heavy atom. The van der Waals surface area contributed by atoms with Crippen molar-refractivity contribution in [3.05, 3.63) is 86.3 Å². The van der Waals surface area contributed by atoms with Crippen molar-refractivity contribution < 1.29 is 13.0 Å². The Labute approximate surface area is 227 Å². The maximum atomic E-state index is 13.0. The van der Waals surface area contributed by atoms with Crippen molar-refractivity contribution in [2.45, 2.75) is 31.3 Å². The van der Waals surface area contributed by atoms with Crippen LogP contribution in [0.2, 0.25) is 10.0 Å². The molecule has 4 rings (SSSR count). The number of benzene rings is 2. The number of fused-ring (bicyclic) bond motifs is 1. The van der Waals surface area contributed by atoms with Gasteiger partial charge in [-0.3, -0.25) is 9.29 Å². The van der Waals surface area contributed by atoms with Crippen LogP contribution in [0.4, 0.5) is 5.69 Å². The Morgan fingerprint density at radius 3 is 2.51 bits per heavy atom. The summed E-state index contributed by atoms with van der Waals surface area (Å²) in [6.45, 7) is 4.36. The van der Waals surface area contributed by atoms with Gasteiger partial charge in [0, 0.05) is 53.5 Å². The van der Waals surface area contributed by atoms with Crippen molar-refractivity contribution in [2.24, 2.45) is 0 Å². The lowest BCUT2D eigenvalue weighted by molar-refractivity contribution is 0.295. The first-order valence-electron chi connectivity index (χ1n) is 11.6. The fourth-order valence-electron chi connectivity index (χ4n) is 4.39. The van der Waals surface area contributed by atoms with E-state index in [1.165, 1.54) is 0 Å². The number of halogens is 2. The lowest BCUT2D eigenvalue weighted by atomic mass is 9.85. The molecule has 1 saturated carbocycles. The van der Waals surface area contributed by atoms with E-state index in [0.717, 1.165) is 29.4 Å². The average Bonchev–Trinajstić information content (AvgIpc) is 3.68. The van der Waals surface area contributed by atoms with E-state index in [0.29, 0.717) is 40.0 Å². The molecular weight excluding hydrogens is 560 g/mol. The number of hydrogen-bond acceptors (Lipinski definition) is 6. The summed E-state index contributed by atoms with van der Waals surface area (Å²) in [5.41, 5.74) is 3.34. The number of nitrogens with zero attached hydrogens (tertiary/aromatic N) is 3. The zero-order valence-corrected chi connectivity index (χ0v) is 23.4. The van der Waals surface area contributed by atoms with Gasteiger partial charge in [0.2, 0.25) is 7.44 Å². The van der Waals surface area contributed by atoms with E-state index in [9.17, 15) is 23.4 Å². The Bertz CT molecular complexity index is 1310. The van der Waals surface area contributed by atoms with Crippen molar-refractivity contribution in [3.63, 3.8) is 0 Å². The first kappa shape index (κ1) is 28.4. The van der Waals surface area contributed by atoms with E-state index >= 15 is 0 Å². The third-order valence-electron chi connectivity index (χ3n) is 6.38. The largest absolute Gasteiger partial charge is 0.778 e. The molecule has 10 nitrogen and oxygen atoms in total. The predicted octanol–water partition coefficient (Wildman–Crippen LogP) is 4.92. The molecule has 14 heteroatoms. The van der Waals surface area contributed by atoms with Gasteiger partial charge in [0.25, 0.3) is 10.2 Å². The summed E-state index contributed by atoms with van der Waals surface area (Å²) in [6.07, 6.45) is 1.41. The van der Waals surface area contributed by atoms with Crippen LogP contribution in [-0.2, 0) is 21.3 Å². The predicted molar refractivity (Wildman–Crippen MR) is 148 cm³/mol. The number of nitrogens with one attached hydrogen (secondary N) is 2. The molecule has 2 N–H and O–H groups in total. The van der Waals surface area contributed by atoms with Crippen LogP contribution in [0, 0.1) is 10.4 Å². The summed E-state index contributed by atoms with van der Waals surface area (Å²) in [5, 5.41) is 25.5. The highest BCUT2D eigenvalue weighted by atomic mass is 35.5. The van der Waals surface area contributed by atoms with Gasteiger partial charge in [0.15, 0.2) is 0 Å². The maximum Gasteiger partial charge on any atom is 0.299 e. The number of hydroxylamine groups is 2. The molecule has 202 valence electrons. The molecule has 0 amide bonds. The molecule has 2 unspecified atom stereocenters. The molecule has 0 spiro atoms. The number of anilines is 1. The minimum absolute atomic E-state index is 0.00396. The lowest BCUT2D eigenvalue weighted by Crippen LogP contribution is -2.35. The van der Waals surface area contributed by atoms with Gasteiger partial charge in [-0.1, -0.05) is 41.9 Å². The fraction of sp³-hybridized carbons (Fsp3) is 0.391. The van der Waals surface area contributed by atoms with E-state index < -0.39 is 29.9 Å². The van der Waals surface area contributed by atoms with E-state index in [-0.39, 0.29) is 17.3 Å². The van der Waals surface area contributed by atoms with Crippen LogP contribution < -0.4 is 9.44 Å². The summed E-state index contributed by atoms with van der Waals surface area (Å²) in [7, 11) is -6.12. The van der Waals surface area contributed by atoms with Gasteiger partial charge in [-0.15, -0.1) is 0 Å². The van der Waals surface area contributed by atoms with Crippen molar-refractivity contribution >= 4 is 46.5 Å². The van der Waals surface area contributed by atoms with Gasteiger partial charge in [0.1, 0.15) is 0 Å². The Kier molecular flexibility index (Phi) is 8.59. The summed E-state index contributed by atoms with van der Waals surface area (Å²) < 4.78 is 42.8.